The van der Waals surface area contributed by atoms with E-state index in [1.165, 1.54) is 16.7 Å². The van der Waals surface area contributed by atoms with Gasteiger partial charge in [-0.3, -0.25) is 4.79 Å². The Morgan fingerprint density at radius 2 is 1.79 bits per heavy atom. The molecule has 1 aliphatic rings. The number of rotatable bonds is 9. The monoisotopic (exact) mass is 446 g/mol. The van der Waals surface area contributed by atoms with E-state index in [0.717, 1.165) is 68.4 Å². The third-order valence-corrected chi connectivity index (χ3v) is 7.05. The van der Waals surface area contributed by atoms with Crippen molar-refractivity contribution >= 4 is 5.97 Å². The number of ether oxygens (including phenoxy) is 2. The Balaban J connectivity index is 1.71. The second kappa shape index (κ2) is 11.9. The van der Waals surface area contributed by atoms with Crippen molar-refractivity contribution < 1.29 is 14.3 Å². The predicted molar refractivity (Wildman–Crippen MR) is 135 cm³/mol. The Morgan fingerprint density at radius 3 is 2.45 bits per heavy atom. The van der Waals surface area contributed by atoms with Crippen LogP contribution in [0.4, 0.5) is 0 Å². The van der Waals surface area contributed by atoms with Crippen molar-refractivity contribution in [3.8, 4) is 17.6 Å². The molecule has 0 fully saturated rings. The highest BCUT2D eigenvalue weighted by Crippen LogP contribution is 2.44. The van der Waals surface area contributed by atoms with Crippen LogP contribution in [0.3, 0.4) is 0 Å². The van der Waals surface area contributed by atoms with Crippen LogP contribution in [-0.2, 0) is 27.8 Å². The Bertz CT molecular complexity index is 988. The summed E-state index contributed by atoms with van der Waals surface area (Å²) in [6.07, 6.45) is 7.58. The van der Waals surface area contributed by atoms with Crippen LogP contribution in [0.15, 0.2) is 36.4 Å². The molecule has 0 saturated carbocycles. The molecule has 0 radical (unpaired) electrons. The summed E-state index contributed by atoms with van der Waals surface area (Å²) in [6.45, 7) is 9.86. The van der Waals surface area contributed by atoms with E-state index < -0.39 is 0 Å². The van der Waals surface area contributed by atoms with E-state index in [-0.39, 0.29) is 11.4 Å². The Morgan fingerprint density at radius 1 is 1.03 bits per heavy atom. The number of benzene rings is 2. The van der Waals surface area contributed by atoms with Crippen molar-refractivity contribution in [2.45, 2.75) is 84.5 Å². The molecular weight excluding hydrogens is 408 g/mol. The standard InChI is InChI=1S/C30H38O3/c1-5-25-22-28-27(30(6-2,7-3)19-20-33-28)21-26(25)18-17-24-15-13-23(14-16-24)11-9-10-12-29(31)32-8-4/h13-16,21-22H,5-12,19-20H2,1-4H3. The summed E-state index contributed by atoms with van der Waals surface area (Å²) in [5, 5.41) is 0. The first kappa shape index (κ1) is 24.9. The fourth-order valence-electron chi connectivity index (χ4n) is 4.77. The van der Waals surface area contributed by atoms with Crippen LogP contribution < -0.4 is 4.74 Å². The number of aryl methyl sites for hydroxylation is 2. The fraction of sp³-hybridized carbons (Fsp3) is 0.500. The summed E-state index contributed by atoms with van der Waals surface area (Å²) < 4.78 is 11.0. The van der Waals surface area contributed by atoms with Gasteiger partial charge in [-0.2, -0.15) is 0 Å². The van der Waals surface area contributed by atoms with Gasteiger partial charge in [-0.25, -0.2) is 0 Å². The summed E-state index contributed by atoms with van der Waals surface area (Å²) >= 11 is 0. The minimum atomic E-state index is -0.0987. The lowest BCUT2D eigenvalue weighted by Crippen LogP contribution is -2.32. The van der Waals surface area contributed by atoms with Crippen LogP contribution in [-0.4, -0.2) is 19.2 Å². The molecule has 2 aromatic carbocycles. The van der Waals surface area contributed by atoms with Gasteiger partial charge in [0.1, 0.15) is 5.75 Å². The quantitative estimate of drug-likeness (QED) is 0.242. The van der Waals surface area contributed by atoms with Crippen molar-refractivity contribution in [1.29, 1.82) is 0 Å². The van der Waals surface area contributed by atoms with Crippen molar-refractivity contribution in [2.75, 3.05) is 13.2 Å². The maximum absolute atomic E-state index is 11.4. The summed E-state index contributed by atoms with van der Waals surface area (Å²) in [5.41, 5.74) is 6.21. The average molecular weight is 447 g/mol. The third-order valence-electron chi connectivity index (χ3n) is 7.05. The van der Waals surface area contributed by atoms with Gasteiger partial charge in [0.15, 0.2) is 0 Å². The molecule has 176 valence electrons. The first-order valence-electron chi connectivity index (χ1n) is 12.6. The number of hydrogen-bond donors (Lipinski definition) is 0. The minimum Gasteiger partial charge on any atom is -0.493 e. The lowest BCUT2D eigenvalue weighted by molar-refractivity contribution is -0.143. The summed E-state index contributed by atoms with van der Waals surface area (Å²) in [6, 6.07) is 13.0. The Kier molecular flexibility index (Phi) is 9.01. The molecule has 0 saturated heterocycles. The normalized spacial score (nSPS) is 13.9. The molecule has 3 nitrogen and oxygen atoms in total. The van der Waals surface area contributed by atoms with E-state index >= 15 is 0 Å². The number of fused-ring (bicyclic) bond motifs is 1. The van der Waals surface area contributed by atoms with Crippen molar-refractivity contribution in [1.82, 2.24) is 0 Å². The average Bonchev–Trinajstić information content (AvgIpc) is 2.85. The van der Waals surface area contributed by atoms with E-state index in [4.69, 9.17) is 9.47 Å². The van der Waals surface area contributed by atoms with Gasteiger partial charge in [0.05, 0.1) is 13.2 Å². The first-order valence-corrected chi connectivity index (χ1v) is 12.6. The lowest BCUT2D eigenvalue weighted by atomic mass is 9.71. The maximum Gasteiger partial charge on any atom is 0.305 e. The smallest absolute Gasteiger partial charge is 0.305 e. The van der Waals surface area contributed by atoms with Gasteiger partial charge >= 0.3 is 5.97 Å². The molecule has 0 aromatic heterocycles. The number of unbranched alkanes of at least 4 members (excludes halogenated alkanes) is 1. The van der Waals surface area contributed by atoms with Crippen LogP contribution in [0.1, 0.15) is 94.0 Å². The minimum absolute atomic E-state index is 0.0987. The van der Waals surface area contributed by atoms with Gasteiger partial charge in [-0.05, 0) is 87.3 Å². The summed E-state index contributed by atoms with van der Waals surface area (Å²) in [7, 11) is 0. The molecule has 33 heavy (non-hydrogen) atoms. The molecule has 2 aromatic rings. The lowest BCUT2D eigenvalue weighted by Gasteiger charge is -2.38. The second-order valence-corrected chi connectivity index (χ2v) is 8.90. The third kappa shape index (κ3) is 6.20. The summed E-state index contributed by atoms with van der Waals surface area (Å²) in [4.78, 5) is 11.4. The second-order valence-electron chi connectivity index (χ2n) is 8.90. The number of hydrogen-bond acceptors (Lipinski definition) is 3. The molecular formula is C30H38O3. The topological polar surface area (TPSA) is 35.5 Å². The summed E-state index contributed by atoms with van der Waals surface area (Å²) in [5.74, 6) is 7.79. The maximum atomic E-state index is 11.4. The fourth-order valence-corrected chi connectivity index (χ4v) is 4.77. The van der Waals surface area contributed by atoms with E-state index in [2.05, 4.69) is 69.0 Å². The van der Waals surface area contributed by atoms with Crippen molar-refractivity contribution in [3.63, 3.8) is 0 Å². The van der Waals surface area contributed by atoms with E-state index in [0.29, 0.717) is 13.0 Å². The van der Waals surface area contributed by atoms with Crippen LogP contribution >= 0.6 is 0 Å². The molecule has 0 N–H and O–H groups in total. The van der Waals surface area contributed by atoms with Gasteiger partial charge in [0, 0.05) is 28.5 Å². The van der Waals surface area contributed by atoms with Crippen molar-refractivity contribution in [3.05, 3.63) is 64.2 Å². The van der Waals surface area contributed by atoms with Crippen molar-refractivity contribution in [2.24, 2.45) is 0 Å². The SMILES string of the molecule is CCOC(=O)CCCCc1ccc(C#Cc2cc3c(cc2CC)OCCC3(CC)CC)cc1. The Labute approximate surface area is 199 Å². The highest BCUT2D eigenvalue weighted by Gasteiger charge is 2.35. The molecule has 3 heteroatoms. The van der Waals surface area contributed by atoms with Gasteiger partial charge in [-0.15, -0.1) is 0 Å². The predicted octanol–water partition coefficient (Wildman–Crippen LogP) is 6.77. The highest BCUT2D eigenvalue weighted by molar-refractivity contribution is 5.69. The molecule has 0 aliphatic carbocycles. The first-order chi connectivity index (χ1) is 16.0. The molecule has 0 unspecified atom stereocenters. The van der Waals surface area contributed by atoms with Gasteiger partial charge in [-0.1, -0.05) is 44.7 Å². The zero-order valence-corrected chi connectivity index (χ0v) is 20.8. The molecule has 0 amide bonds. The van der Waals surface area contributed by atoms with E-state index in [1.54, 1.807) is 0 Å². The van der Waals surface area contributed by atoms with Gasteiger partial charge in [0.2, 0.25) is 0 Å². The molecule has 0 bridgehead atoms. The molecule has 0 atom stereocenters. The number of esters is 1. The number of carbonyl (C=O) groups is 1. The van der Waals surface area contributed by atoms with Gasteiger partial charge in [0.25, 0.3) is 0 Å². The highest BCUT2D eigenvalue weighted by atomic mass is 16.5. The molecule has 1 aliphatic heterocycles. The zero-order valence-electron chi connectivity index (χ0n) is 20.8. The molecule has 0 spiro atoms. The van der Waals surface area contributed by atoms with Crippen LogP contribution in [0, 0.1) is 11.8 Å². The number of carbonyl (C=O) groups excluding carboxylic acids is 1. The van der Waals surface area contributed by atoms with E-state index in [1.807, 2.05) is 6.92 Å². The molecule has 3 rings (SSSR count). The Hall–Kier alpha value is -2.73. The van der Waals surface area contributed by atoms with Crippen LogP contribution in [0.2, 0.25) is 0 Å². The largest absolute Gasteiger partial charge is 0.493 e. The van der Waals surface area contributed by atoms with Crippen LogP contribution in [0.5, 0.6) is 5.75 Å². The zero-order chi connectivity index (χ0) is 23.7. The van der Waals surface area contributed by atoms with Gasteiger partial charge < -0.3 is 9.47 Å². The molecule has 1 heterocycles. The van der Waals surface area contributed by atoms with Crippen LogP contribution in [0.25, 0.3) is 0 Å². The van der Waals surface area contributed by atoms with E-state index in [9.17, 15) is 4.79 Å².